The molecule has 1 aromatic heterocycles. The number of aromatic carboxylic acids is 1. The van der Waals surface area contributed by atoms with E-state index in [0.29, 0.717) is 46.8 Å². The lowest BCUT2D eigenvalue weighted by Gasteiger charge is -2.17. The Morgan fingerprint density at radius 3 is 2.53 bits per heavy atom. The Balaban J connectivity index is 1.51. The van der Waals surface area contributed by atoms with Gasteiger partial charge in [-0.1, -0.05) is 31.5 Å². The molecule has 5 rings (SSSR count). The number of aromatic nitrogens is 2. The number of benzene rings is 3. The fourth-order valence-electron chi connectivity index (χ4n) is 5.41. The van der Waals surface area contributed by atoms with Crippen molar-refractivity contribution in [2.24, 2.45) is 0 Å². The van der Waals surface area contributed by atoms with Gasteiger partial charge in [0.2, 0.25) is 0 Å². The molecule has 1 aliphatic rings. The number of hydrogen-bond acceptors (Lipinski definition) is 7. The zero-order chi connectivity index (χ0) is 31.9. The number of ether oxygens (including phenoxy) is 4. The smallest absolute Gasteiger partial charge is 0.336 e. The van der Waals surface area contributed by atoms with Crippen LogP contribution in [0.1, 0.15) is 53.2 Å². The molecule has 45 heavy (non-hydrogen) atoms. The molecule has 2 N–H and O–H groups in total. The highest BCUT2D eigenvalue weighted by Gasteiger charge is 2.27. The topological polar surface area (TPSA) is 129 Å². The van der Waals surface area contributed by atoms with E-state index in [1.807, 2.05) is 28.9 Å². The van der Waals surface area contributed by atoms with Crippen molar-refractivity contribution in [2.45, 2.75) is 51.9 Å². The molecule has 3 aromatic carbocycles. The number of nitrogens with zero attached hydrogens (tertiary/aromatic N) is 2. The van der Waals surface area contributed by atoms with Crippen LogP contribution in [0.5, 0.6) is 23.0 Å². The molecule has 0 fully saturated rings. The fourth-order valence-corrected chi connectivity index (χ4v) is 5.41. The SMILES string of the molecule is CCCCn1ncc(C=C(CC2Cc3cc(OC)ccc3O2)C(=O)O)c1-c1ccc(OC)cc1OCc1ccccc1C(=O)O. The molecule has 4 aromatic rings. The van der Waals surface area contributed by atoms with Crippen LogP contribution < -0.4 is 18.9 Å². The average Bonchev–Trinajstić information content (AvgIpc) is 3.64. The first-order chi connectivity index (χ1) is 21.8. The van der Waals surface area contributed by atoms with Crippen LogP contribution in [-0.4, -0.2) is 52.3 Å². The van der Waals surface area contributed by atoms with Gasteiger partial charge in [-0.05, 0) is 48.9 Å². The first-order valence-electron chi connectivity index (χ1n) is 14.8. The Morgan fingerprint density at radius 1 is 1.04 bits per heavy atom. The summed E-state index contributed by atoms with van der Waals surface area (Å²) in [6.07, 6.45) is 5.51. The number of rotatable bonds is 14. The molecule has 0 saturated heterocycles. The summed E-state index contributed by atoms with van der Waals surface area (Å²) in [5.74, 6) is 0.361. The van der Waals surface area contributed by atoms with Gasteiger partial charge in [0.25, 0.3) is 0 Å². The summed E-state index contributed by atoms with van der Waals surface area (Å²) in [6.45, 7) is 2.70. The molecule has 234 valence electrons. The van der Waals surface area contributed by atoms with Gasteiger partial charge < -0.3 is 29.2 Å². The van der Waals surface area contributed by atoms with Crippen molar-refractivity contribution < 1.29 is 38.7 Å². The van der Waals surface area contributed by atoms with Crippen LogP contribution in [-0.2, 0) is 24.4 Å². The van der Waals surface area contributed by atoms with Crippen LogP contribution in [0.2, 0.25) is 0 Å². The Hall–Kier alpha value is -5.25. The molecule has 0 aliphatic carbocycles. The van der Waals surface area contributed by atoms with Gasteiger partial charge in [-0.2, -0.15) is 5.10 Å². The molecule has 0 saturated carbocycles. The van der Waals surface area contributed by atoms with Crippen molar-refractivity contribution in [1.82, 2.24) is 9.78 Å². The van der Waals surface area contributed by atoms with Gasteiger partial charge in [-0.3, -0.25) is 4.68 Å². The van der Waals surface area contributed by atoms with Crippen LogP contribution in [0, 0.1) is 0 Å². The number of fused-ring (bicyclic) bond motifs is 1. The highest BCUT2D eigenvalue weighted by Crippen LogP contribution is 2.38. The van der Waals surface area contributed by atoms with Gasteiger partial charge in [0.1, 0.15) is 35.7 Å². The summed E-state index contributed by atoms with van der Waals surface area (Å²) in [5, 5.41) is 24.5. The minimum Gasteiger partial charge on any atom is -0.497 e. The van der Waals surface area contributed by atoms with E-state index in [9.17, 15) is 19.8 Å². The fraction of sp³-hybridized carbons (Fsp3) is 0.286. The minimum absolute atomic E-state index is 0.00164. The summed E-state index contributed by atoms with van der Waals surface area (Å²) < 4.78 is 25.0. The van der Waals surface area contributed by atoms with Crippen LogP contribution in [0.4, 0.5) is 0 Å². The highest BCUT2D eigenvalue weighted by molar-refractivity contribution is 5.94. The zero-order valence-corrected chi connectivity index (χ0v) is 25.5. The standard InChI is InChI=1S/C35H36N2O8/c1-4-5-14-37-33(30-12-10-27(43-3)19-32(30)44-21-22-8-6-7-9-29(22)35(40)41)25(20-36-37)15-24(34(38)39)18-28-17-23-16-26(42-2)11-13-31(23)45-28/h6-13,15-16,19-20,28H,4-5,14,17-18,21H2,1-3H3,(H,38,39)(H,40,41). The van der Waals surface area contributed by atoms with E-state index >= 15 is 0 Å². The Bertz CT molecular complexity index is 1720. The van der Waals surface area contributed by atoms with Gasteiger partial charge in [-0.15, -0.1) is 0 Å². The van der Waals surface area contributed by atoms with Gasteiger partial charge >= 0.3 is 11.9 Å². The largest absolute Gasteiger partial charge is 0.497 e. The number of unbranched alkanes of at least 4 members (excludes halogenated alkanes) is 1. The number of hydrogen-bond donors (Lipinski definition) is 2. The van der Waals surface area contributed by atoms with E-state index in [1.54, 1.807) is 56.8 Å². The van der Waals surface area contributed by atoms with E-state index in [1.165, 1.54) is 6.07 Å². The molecule has 0 amide bonds. The van der Waals surface area contributed by atoms with Crippen LogP contribution in [0.25, 0.3) is 17.3 Å². The van der Waals surface area contributed by atoms with E-state index in [2.05, 4.69) is 12.0 Å². The molecule has 1 unspecified atom stereocenters. The normalized spacial score (nSPS) is 14.0. The molecule has 0 bridgehead atoms. The quantitative estimate of drug-likeness (QED) is 0.153. The summed E-state index contributed by atoms with van der Waals surface area (Å²) >= 11 is 0. The molecule has 2 heterocycles. The van der Waals surface area contributed by atoms with E-state index in [0.717, 1.165) is 29.9 Å². The van der Waals surface area contributed by atoms with Crippen molar-refractivity contribution in [3.63, 3.8) is 0 Å². The van der Waals surface area contributed by atoms with Gasteiger partial charge in [0, 0.05) is 53.3 Å². The van der Waals surface area contributed by atoms with Gasteiger partial charge in [0.05, 0.1) is 31.7 Å². The van der Waals surface area contributed by atoms with Gasteiger partial charge in [0.15, 0.2) is 0 Å². The average molecular weight is 613 g/mol. The number of aliphatic carboxylic acids is 1. The molecule has 10 nitrogen and oxygen atoms in total. The second-order valence-electron chi connectivity index (χ2n) is 10.7. The predicted molar refractivity (Wildman–Crippen MR) is 168 cm³/mol. The van der Waals surface area contributed by atoms with E-state index in [-0.39, 0.29) is 30.3 Å². The van der Waals surface area contributed by atoms with Crippen molar-refractivity contribution in [1.29, 1.82) is 0 Å². The minimum atomic E-state index is -1.05. The zero-order valence-electron chi connectivity index (χ0n) is 25.5. The number of methoxy groups -OCH3 is 2. The lowest BCUT2D eigenvalue weighted by molar-refractivity contribution is -0.132. The maximum atomic E-state index is 12.5. The molecule has 0 radical (unpaired) electrons. The molecule has 0 spiro atoms. The Kier molecular flexibility index (Phi) is 9.72. The molecular weight excluding hydrogens is 576 g/mol. The molecule has 1 aliphatic heterocycles. The molecule has 10 heteroatoms. The second kappa shape index (κ2) is 14.0. The van der Waals surface area contributed by atoms with Crippen LogP contribution in [0.15, 0.2) is 72.4 Å². The number of carboxylic acids is 2. The monoisotopic (exact) mass is 612 g/mol. The summed E-state index contributed by atoms with van der Waals surface area (Å²) in [4.78, 5) is 24.3. The summed E-state index contributed by atoms with van der Waals surface area (Å²) in [5.41, 5.74) is 3.79. The van der Waals surface area contributed by atoms with Crippen molar-refractivity contribution in [2.75, 3.05) is 14.2 Å². The van der Waals surface area contributed by atoms with Crippen LogP contribution >= 0.6 is 0 Å². The van der Waals surface area contributed by atoms with Crippen molar-refractivity contribution in [3.8, 4) is 34.3 Å². The lowest BCUT2D eigenvalue weighted by atomic mass is 9.99. The second-order valence-corrected chi connectivity index (χ2v) is 10.7. The van der Waals surface area contributed by atoms with E-state index in [4.69, 9.17) is 18.9 Å². The third kappa shape index (κ3) is 7.12. The van der Waals surface area contributed by atoms with E-state index < -0.39 is 11.9 Å². The first-order valence-corrected chi connectivity index (χ1v) is 14.8. The van der Waals surface area contributed by atoms with Gasteiger partial charge in [-0.25, -0.2) is 9.59 Å². The third-order valence-corrected chi connectivity index (χ3v) is 7.73. The first kappa shape index (κ1) is 31.2. The maximum Gasteiger partial charge on any atom is 0.336 e. The lowest BCUT2D eigenvalue weighted by Crippen LogP contribution is -2.17. The highest BCUT2D eigenvalue weighted by atomic mass is 16.5. The Morgan fingerprint density at radius 2 is 1.80 bits per heavy atom. The van der Waals surface area contributed by atoms with Crippen molar-refractivity contribution in [3.05, 3.63) is 94.7 Å². The summed E-state index contributed by atoms with van der Waals surface area (Å²) in [6, 6.07) is 17.6. The predicted octanol–water partition coefficient (Wildman–Crippen LogP) is 6.51. The van der Waals surface area contributed by atoms with Crippen LogP contribution in [0.3, 0.4) is 0 Å². The third-order valence-electron chi connectivity index (χ3n) is 7.73. The molecule has 1 atom stereocenters. The number of carboxylic acid groups (broad SMARTS) is 2. The number of aryl methyl sites for hydroxylation is 1. The number of carbonyl (C=O) groups is 2. The molecular formula is C35H36N2O8. The summed E-state index contributed by atoms with van der Waals surface area (Å²) in [7, 11) is 3.16. The van der Waals surface area contributed by atoms with Crippen molar-refractivity contribution >= 4 is 18.0 Å². The Labute approximate surface area is 261 Å². The maximum absolute atomic E-state index is 12.5.